The zero-order chi connectivity index (χ0) is 19.2. The highest BCUT2D eigenvalue weighted by molar-refractivity contribution is 9.09. The van der Waals surface area contributed by atoms with Crippen LogP contribution in [0.3, 0.4) is 0 Å². The van der Waals surface area contributed by atoms with Crippen molar-refractivity contribution in [2.45, 2.75) is 47.9 Å². The van der Waals surface area contributed by atoms with Crippen LogP contribution in [0.2, 0.25) is 0 Å². The van der Waals surface area contributed by atoms with E-state index in [4.69, 9.17) is 0 Å². The van der Waals surface area contributed by atoms with Crippen molar-refractivity contribution in [3.05, 3.63) is 65.7 Å². The monoisotopic (exact) mass is 447 g/mol. The molecule has 4 rings (SSSR count). The van der Waals surface area contributed by atoms with Crippen LogP contribution in [-0.2, 0) is 14.8 Å². The quantitative estimate of drug-likeness (QED) is 0.660. The van der Waals surface area contributed by atoms with Gasteiger partial charge in [-0.2, -0.15) is 0 Å². The molecule has 1 aliphatic heterocycles. The maximum atomic E-state index is 13.4. The van der Waals surface area contributed by atoms with Crippen molar-refractivity contribution in [3.63, 3.8) is 0 Å². The number of rotatable bonds is 3. The van der Waals surface area contributed by atoms with Gasteiger partial charge in [0.05, 0.1) is 16.9 Å². The van der Waals surface area contributed by atoms with Crippen LogP contribution in [0, 0.1) is 12.8 Å². The minimum atomic E-state index is -3.88. The van der Waals surface area contributed by atoms with E-state index in [1.54, 1.807) is 24.3 Å². The molecule has 0 aromatic heterocycles. The third-order valence-electron chi connectivity index (χ3n) is 5.75. The average Bonchev–Trinajstić information content (AvgIpc) is 2.96. The second kappa shape index (κ2) is 7.06. The van der Waals surface area contributed by atoms with Crippen LogP contribution in [0.4, 0.5) is 0 Å². The number of aryl methyl sites for hydroxylation is 1. The van der Waals surface area contributed by atoms with E-state index >= 15 is 0 Å². The molecule has 2 aromatic rings. The van der Waals surface area contributed by atoms with Crippen LogP contribution in [0.25, 0.3) is 0 Å². The van der Waals surface area contributed by atoms with Crippen molar-refractivity contribution in [1.29, 1.82) is 0 Å². The smallest absolute Gasteiger partial charge is 0.266 e. The van der Waals surface area contributed by atoms with Gasteiger partial charge in [-0.05, 0) is 37.5 Å². The fourth-order valence-corrected chi connectivity index (χ4v) is 7.10. The summed E-state index contributed by atoms with van der Waals surface area (Å²) in [6.07, 6.45) is 2.58. The second-order valence-corrected chi connectivity index (χ2v) is 10.4. The van der Waals surface area contributed by atoms with Crippen LogP contribution < -0.4 is 0 Å². The van der Waals surface area contributed by atoms with Gasteiger partial charge in [-0.1, -0.05) is 70.4 Å². The van der Waals surface area contributed by atoms with Crippen molar-refractivity contribution in [2.75, 3.05) is 0 Å². The van der Waals surface area contributed by atoms with Gasteiger partial charge in [0.25, 0.3) is 10.0 Å². The van der Waals surface area contributed by atoms with Gasteiger partial charge in [0, 0.05) is 10.7 Å². The summed E-state index contributed by atoms with van der Waals surface area (Å²) in [5, 5.41) is 0. The van der Waals surface area contributed by atoms with Gasteiger partial charge < -0.3 is 0 Å². The Morgan fingerprint density at radius 3 is 2.33 bits per heavy atom. The molecule has 1 saturated carbocycles. The molecule has 1 aliphatic carbocycles. The normalized spacial score (nSPS) is 28.2. The van der Waals surface area contributed by atoms with Crippen LogP contribution in [-0.4, -0.2) is 29.5 Å². The van der Waals surface area contributed by atoms with Crippen LogP contribution in [0.1, 0.15) is 36.3 Å². The predicted octanol–water partition coefficient (Wildman–Crippen LogP) is 4.24. The highest BCUT2D eigenvalue weighted by Gasteiger charge is 2.56. The van der Waals surface area contributed by atoms with Crippen LogP contribution in [0.15, 0.2) is 59.5 Å². The molecule has 1 heterocycles. The number of sulfonamides is 1. The van der Waals surface area contributed by atoms with E-state index < -0.39 is 15.9 Å². The van der Waals surface area contributed by atoms with E-state index in [1.807, 2.05) is 37.3 Å². The number of carbonyl (C=O) groups is 1. The average molecular weight is 448 g/mol. The molecule has 1 saturated heterocycles. The Bertz CT molecular complexity index is 943. The Labute approximate surface area is 168 Å². The lowest BCUT2D eigenvalue weighted by molar-refractivity contribution is -0.125. The SMILES string of the molecule is Cc1ccc(S(=O)(=O)N2C(=O)[C@H](c3ccccc3)[C@H]3[C@H](Br)CCC[C@H]32)cc1. The summed E-state index contributed by atoms with van der Waals surface area (Å²) in [6.45, 7) is 1.91. The number of alkyl halides is 1. The molecule has 2 aliphatic rings. The van der Waals surface area contributed by atoms with E-state index in [0.717, 1.165) is 24.0 Å². The molecule has 142 valence electrons. The molecule has 2 aromatic carbocycles. The molecular weight excluding hydrogens is 426 g/mol. The molecule has 6 heteroatoms. The maximum Gasteiger partial charge on any atom is 0.266 e. The van der Waals surface area contributed by atoms with E-state index in [9.17, 15) is 13.2 Å². The number of hydrogen-bond donors (Lipinski definition) is 0. The summed E-state index contributed by atoms with van der Waals surface area (Å²) in [7, 11) is -3.88. The Hall–Kier alpha value is -1.66. The van der Waals surface area contributed by atoms with Gasteiger partial charge in [0.1, 0.15) is 0 Å². The highest BCUT2D eigenvalue weighted by atomic mass is 79.9. The maximum absolute atomic E-state index is 13.4. The fourth-order valence-electron chi connectivity index (χ4n) is 4.46. The molecule has 2 fully saturated rings. The van der Waals surface area contributed by atoms with Crippen molar-refractivity contribution < 1.29 is 13.2 Å². The number of amides is 1. The summed E-state index contributed by atoms with van der Waals surface area (Å²) in [4.78, 5) is 13.7. The van der Waals surface area contributed by atoms with Crippen molar-refractivity contribution in [2.24, 2.45) is 5.92 Å². The molecule has 0 radical (unpaired) electrons. The Kier molecular flexibility index (Phi) is 4.89. The summed E-state index contributed by atoms with van der Waals surface area (Å²) < 4.78 is 28.0. The van der Waals surface area contributed by atoms with E-state index in [1.165, 1.54) is 4.31 Å². The number of benzene rings is 2. The van der Waals surface area contributed by atoms with Gasteiger partial charge in [-0.3, -0.25) is 4.79 Å². The summed E-state index contributed by atoms with van der Waals surface area (Å²) in [5.41, 5.74) is 1.88. The first-order valence-corrected chi connectivity index (χ1v) is 11.6. The summed E-state index contributed by atoms with van der Waals surface area (Å²) in [6, 6.07) is 16.0. The Morgan fingerprint density at radius 2 is 1.67 bits per heavy atom. The number of fused-ring (bicyclic) bond motifs is 1. The fraction of sp³-hybridized carbons (Fsp3) is 0.381. The Morgan fingerprint density at radius 1 is 1.00 bits per heavy atom. The molecule has 1 amide bonds. The number of nitrogens with zero attached hydrogens (tertiary/aromatic N) is 1. The highest BCUT2D eigenvalue weighted by Crippen LogP contribution is 2.49. The van der Waals surface area contributed by atoms with E-state index in [2.05, 4.69) is 15.9 Å². The lowest BCUT2D eigenvalue weighted by Gasteiger charge is -2.34. The second-order valence-electron chi connectivity index (χ2n) is 7.43. The molecule has 4 nitrogen and oxygen atoms in total. The van der Waals surface area contributed by atoms with E-state index in [0.29, 0.717) is 6.42 Å². The molecule has 0 unspecified atom stereocenters. The van der Waals surface area contributed by atoms with Gasteiger partial charge in [-0.15, -0.1) is 0 Å². The molecular formula is C21H22BrNO3S. The van der Waals surface area contributed by atoms with Gasteiger partial charge in [0.2, 0.25) is 5.91 Å². The number of carbonyl (C=O) groups excluding carboxylic acids is 1. The zero-order valence-corrected chi connectivity index (χ0v) is 17.5. The summed E-state index contributed by atoms with van der Waals surface area (Å²) >= 11 is 3.75. The van der Waals surface area contributed by atoms with Crippen LogP contribution in [0.5, 0.6) is 0 Å². The third-order valence-corrected chi connectivity index (χ3v) is 8.65. The van der Waals surface area contributed by atoms with Gasteiger partial charge >= 0.3 is 0 Å². The van der Waals surface area contributed by atoms with Crippen molar-refractivity contribution >= 4 is 31.9 Å². The molecule has 0 N–H and O–H groups in total. The van der Waals surface area contributed by atoms with E-state index in [-0.39, 0.29) is 27.6 Å². The standard InChI is InChI=1S/C21H22BrNO3S/c1-14-10-12-16(13-11-14)27(25,26)23-18-9-5-8-17(22)20(18)19(21(23)24)15-6-3-2-4-7-15/h2-4,6-7,10-13,17-20H,5,8-9H2,1H3/t17-,18-,19-,20+/m1/s1. The molecule has 4 atom stereocenters. The molecule has 0 spiro atoms. The lowest BCUT2D eigenvalue weighted by atomic mass is 9.77. The third kappa shape index (κ3) is 3.13. The lowest BCUT2D eigenvalue weighted by Crippen LogP contribution is -2.43. The first-order chi connectivity index (χ1) is 12.9. The number of hydrogen-bond acceptors (Lipinski definition) is 3. The zero-order valence-electron chi connectivity index (χ0n) is 15.1. The minimum Gasteiger partial charge on any atom is -0.273 e. The van der Waals surface area contributed by atoms with Crippen molar-refractivity contribution in [1.82, 2.24) is 4.31 Å². The predicted molar refractivity (Wildman–Crippen MR) is 108 cm³/mol. The summed E-state index contributed by atoms with van der Waals surface area (Å²) in [5.74, 6) is -0.780. The van der Waals surface area contributed by atoms with Gasteiger partial charge in [0.15, 0.2) is 0 Å². The molecule has 27 heavy (non-hydrogen) atoms. The Balaban J connectivity index is 1.81. The van der Waals surface area contributed by atoms with Gasteiger partial charge in [-0.25, -0.2) is 12.7 Å². The minimum absolute atomic E-state index is 0.0473. The number of halogens is 1. The largest absolute Gasteiger partial charge is 0.273 e. The van der Waals surface area contributed by atoms with Crippen molar-refractivity contribution in [3.8, 4) is 0 Å². The molecule has 0 bridgehead atoms. The van der Waals surface area contributed by atoms with Crippen LogP contribution >= 0.6 is 15.9 Å². The first-order valence-electron chi connectivity index (χ1n) is 9.25. The topological polar surface area (TPSA) is 54.5 Å². The first kappa shape index (κ1) is 18.7.